The molecular weight excluding hydrogens is 429 g/mol. The number of halogens is 3. The zero-order valence-electron chi connectivity index (χ0n) is 18.0. The maximum atomic E-state index is 13.9. The Morgan fingerprint density at radius 1 is 1.16 bits per heavy atom. The van der Waals surface area contributed by atoms with Gasteiger partial charge in [0.1, 0.15) is 11.8 Å². The van der Waals surface area contributed by atoms with Crippen LogP contribution in [0.3, 0.4) is 0 Å². The maximum absolute atomic E-state index is 13.9. The van der Waals surface area contributed by atoms with Crippen molar-refractivity contribution in [3.05, 3.63) is 52.6 Å². The summed E-state index contributed by atoms with van der Waals surface area (Å²) in [6.45, 7) is 4.86. The molecule has 1 unspecified atom stereocenters. The molecule has 1 aliphatic heterocycles. The Balaban J connectivity index is 1.94. The van der Waals surface area contributed by atoms with E-state index in [0.29, 0.717) is 42.0 Å². The summed E-state index contributed by atoms with van der Waals surface area (Å²) in [6, 6.07) is 6.29. The number of anilines is 1. The molecule has 9 heteroatoms. The van der Waals surface area contributed by atoms with Crippen molar-refractivity contribution in [1.29, 1.82) is 0 Å². The van der Waals surface area contributed by atoms with Crippen molar-refractivity contribution in [3.63, 3.8) is 0 Å². The van der Waals surface area contributed by atoms with Crippen LogP contribution in [-0.2, 0) is 16.4 Å². The summed E-state index contributed by atoms with van der Waals surface area (Å²) in [6.07, 6.45) is -3.41. The normalized spacial score (nSPS) is 15.5. The summed E-state index contributed by atoms with van der Waals surface area (Å²) in [4.78, 5) is 1.48. The molecule has 0 spiro atoms. The van der Waals surface area contributed by atoms with Crippen molar-refractivity contribution in [2.24, 2.45) is 0 Å². The third kappa shape index (κ3) is 4.98. The highest BCUT2D eigenvalue weighted by atomic mass is 32.2. The standard InChI is InChI=1S/C22H27F3N2O3S/c1-14-11-15(2)21(16(3)12-14)31(28,29)26-20(22(23,24)25)13-27-10-6-7-17-18(27)8-5-9-19(17)30-4/h5,8-9,11-12,20,26H,6-7,10,13H2,1-4H3. The Bertz CT molecular complexity index is 1050. The van der Waals surface area contributed by atoms with E-state index in [1.807, 2.05) is 11.6 Å². The number of nitrogens with one attached hydrogen (secondary N) is 1. The Hall–Kier alpha value is -2.26. The summed E-state index contributed by atoms with van der Waals surface area (Å²) in [5.41, 5.74) is 3.16. The Morgan fingerprint density at radius 2 is 1.81 bits per heavy atom. The Morgan fingerprint density at radius 3 is 2.39 bits per heavy atom. The van der Waals surface area contributed by atoms with Crippen molar-refractivity contribution in [2.75, 3.05) is 25.1 Å². The van der Waals surface area contributed by atoms with Gasteiger partial charge in [0.2, 0.25) is 10.0 Å². The topological polar surface area (TPSA) is 58.6 Å². The molecule has 0 aliphatic carbocycles. The fourth-order valence-corrected chi connectivity index (χ4v) is 5.98. The molecule has 0 saturated heterocycles. The molecule has 5 nitrogen and oxygen atoms in total. The third-order valence-electron chi connectivity index (χ3n) is 5.49. The van der Waals surface area contributed by atoms with E-state index in [1.165, 1.54) is 7.11 Å². The predicted octanol–water partition coefficient (Wildman–Crippen LogP) is 4.28. The summed E-state index contributed by atoms with van der Waals surface area (Å²) in [7, 11) is -2.86. The Kier molecular flexibility index (Phi) is 6.57. The van der Waals surface area contributed by atoms with Gasteiger partial charge in [-0.25, -0.2) is 8.42 Å². The molecule has 3 rings (SSSR count). The quantitative estimate of drug-likeness (QED) is 0.705. The van der Waals surface area contributed by atoms with Crippen LogP contribution in [0.2, 0.25) is 0 Å². The minimum Gasteiger partial charge on any atom is -0.496 e. The van der Waals surface area contributed by atoms with Crippen molar-refractivity contribution in [3.8, 4) is 5.75 Å². The van der Waals surface area contributed by atoms with Crippen LogP contribution in [0.5, 0.6) is 5.75 Å². The number of rotatable bonds is 6. The summed E-state index contributed by atoms with van der Waals surface area (Å²) in [5.74, 6) is 0.622. The fraction of sp³-hybridized carbons (Fsp3) is 0.455. The number of aryl methyl sites for hydroxylation is 3. The number of benzene rings is 2. The number of sulfonamides is 1. The number of ether oxygens (including phenoxy) is 1. The minimum absolute atomic E-state index is 0.104. The minimum atomic E-state index is -4.75. The third-order valence-corrected chi connectivity index (χ3v) is 7.27. The van der Waals surface area contributed by atoms with Crippen LogP contribution in [-0.4, -0.2) is 40.8 Å². The van der Waals surface area contributed by atoms with Gasteiger partial charge in [-0.3, -0.25) is 0 Å². The number of hydrogen-bond acceptors (Lipinski definition) is 4. The lowest BCUT2D eigenvalue weighted by Gasteiger charge is -2.35. The SMILES string of the molecule is COc1cccc2c1CCCN2CC(NS(=O)(=O)c1c(C)cc(C)cc1C)C(F)(F)F. The molecular formula is C22H27F3N2O3S. The lowest BCUT2D eigenvalue weighted by atomic mass is 10.00. The largest absolute Gasteiger partial charge is 0.496 e. The number of nitrogens with zero attached hydrogens (tertiary/aromatic N) is 1. The van der Waals surface area contributed by atoms with Crippen LogP contribution >= 0.6 is 0 Å². The van der Waals surface area contributed by atoms with E-state index < -0.39 is 28.8 Å². The maximum Gasteiger partial charge on any atom is 0.406 e. The van der Waals surface area contributed by atoms with Gasteiger partial charge in [-0.15, -0.1) is 0 Å². The summed E-state index contributed by atoms with van der Waals surface area (Å²) in [5, 5.41) is 0. The molecule has 2 aromatic carbocycles. The Labute approximate surface area is 181 Å². The molecule has 170 valence electrons. The molecule has 1 heterocycles. The van der Waals surface area contributed by atoms with E-state index in [-0.39, 0.29) is 4.90 Å². The second kappa shape index (κ2) is 8.70. The van der Waals surface area contributed by atoms with Gasteiger partial charge in [-0.05, 0) is 56.9 Å². The van der Waals surface area contributed by atoms with Crippen LogP contribution in [0.25, 0.3) is 0 Å². The van der Waals surface area contributed by atoms with Gasteiger partial charge in [0, 0.05) is 24.3 Å². The van der Waals surface area contributed by atoms with Crippen LogP contribution in [0.1, 0.15) is 28.7 Å². The molecule has 0 saturated carbocycles. The lowest BCUT2D eigenvalue weighted by Crippen LogP contribution is -2.53. The van der Waals surface area contributed by atoms with Crippen LogP contribution in [0.15, 0.2) is 35.2 Å². The first-order valence-electron chi connectivity index (χ1n) is 10.0. The number of methoxy groups -OCH3 is 1. The van der Waals surface area contributed by atoms with E-state index in [2.05, 4.69) is 0 Å². The van der Waals surface area contributed by atoms with Gasteiger partial charge in [0.25, 0.3) is 0 Å². The average Bonchev–Trinajstić information content (AvgIpc) is 2.65. The second-order valence-corrected chi connectivity index (χ2v) is 9.60. The van der Waals surface area contributed by atoms with Gasteiger partial charge in [-0.1, -0.05) is 23.8 Å². The highest BCUT2D eigenvalue weighted by Crippen LogP contribution is 2.35. The summed E-state index contributed by atoms with van der Waals surface area (Å²) < 4.78 is 75.0. The van der Waals surface area contributed by atoms with Crippen molar-refractivity contribution >= 4 is 15.7 Å². The molecule has 31 heavy (non-hydrogen) atoms. The predicted molar refractivity (Wildman–Crippen MR) is 114 cm³/mol. The zero-order chi connectivity index (χ0) is 23.0. The van der Waals surface area contributed by atoms with E-state index in [4.69, 9.17) is 4.74 Å². The molecule has 2 aromatic rings. The van der Waals surface area contributed by atoms with Gasteiger partial charge in [-0.2, -0.15) is 17.9 Å². The molecule has 0 bridgehead atoms. The fourth-order valence-electron chi connectivity index (χ4n) is 4.31. The number of fused-ring (bicyclic) bond motifs is 1. The van der Waals surface area contributed by atoms with Crippen molar-refractivity contribution in [1.82, 2.24) is 4.72 Å². The van der Waals surface area contributed by atoms with E-state index in [0.717, 1.165) is 11.1 Å². The van der Waals surface area contributed by atoms with Crippen molar-refractivity contribution in [2.45, 2.75) is 50.7 Å². The molecule has 0 radical (unpaired) electrons. The molecule has 0 aromatic heterocycles. The smallest absolute Gasteiger partial charge is 0.406 e. The summed E-state index contributed by atoms with van der Waals surface area (Å²) >= 11 is 0. The molecule has 1 atom stereocenters. The first-order valence-corrected chi connectivity index (χ1v) is 11.5. The van der Waals surface area contributed by atoms with Crippen molar-refractivity contribution < 1.29 is 26.3 Å². The van der Waals surface area contributed by atoms with Gasteiger partial charge in [0.05, 0.1) is 12.0 Å². The van der Waals surface area contributed by atoms with E-state index in [1.54, 1.807) is 49.1 Å². The van der Waals surface area contributed by atoms with Crippen LogP contribution in [0, 0.1) is 20.8 Å². The lowest BCUT2D eigenvalue weighted by molar-refractivity contribution is -0.149. The van der Waals surface area contributed by atoms with Gasteiger partial charge >= 0.3 is 6.18 Å². The van der Waals surface area contributed by atoms with Gasteiger partial charge < -0.3 is 9.64 Å². The first kappa shape index (κ1) is 23.4. The highest BCUT2D eigenvalue weighted by Gasteiger charge is 2.44. The number of hydrogen-bond donors (Lipinski definition) is 1. The second-order valence-electron chi connectivity index (χ2n) is 7.95. The first-order chi connectivity index (χ1) is 14.4. The van der Waals surface area contributed by atoms with Crippen LogP contribution in [0.4, 0.5) is 18.9 Å². The highest BCUT2D eigenvalue weighted by molar-refractivity contribution is 7.89. The zero-order valence-corrected chi connectivity index (χ0v) is 18.8. The van der Waals surface area contributed by atoms with E-state index >= 15 is 0 Å². The number of alkyl halides is 3. The molecule has 1 aliphatic rings. The monoisotopic (exact) mass is 456 g/mol. The average molecular weight is 457 g/mol. The molecule has 0 amide bonds. The molecule has 0 fully saturated rings. The van der Waals surface area contributed by atoms with Crippen LogP contribution < -0.4 is 14.4 Å². The van der Waals surface area contributed by atoms with Gasteiger partial charge in [0.15, 0.2) is 0 Å². The molecule has 1 N–H and O–H groups in total. The van der Waals surface area contributed by atoms with E-state index in [9.17, 15) is 21.6 Å².